The summed E-state index contributed by atoms with van der Waals surface area (Å²) in [6, 6.07) is -0.449. The Morgan fingerprint density at radius 1 is 1.50 bits per heavy atom. The minimum atomic E-state index is -0.449. The summed E-state index contributed by atoms with van der Waals surface area (Å²) in [5.74, 6) is 0. The number of rotatable bonds is 0. The minimum absolute atomic E-state index is 0.159. The van der Waals surface area contributed by atoms with E-state index in [4.69, 9.17) is 0 Å². The number of thioether (sulfide) groups is 1. The molecule has 0 aliphatic carbocycles. The van der Waals surface area contributed by atoms with E-state index >= 15 is 0 Å². The molecule has 2 aliphatic heterocycles. The Labute approximate surface area is 60.4 Å². The van der Waals surface area contributed by atoms with Gasteiger partial charge in [-0.2, -0.15) is 4.99 Å². The maximum Gasteiger partial charge on any atom is 0.346 e. The fourth-order valence-electron chi connectivity index (χ4n) is 0.773. The Morgan fingerprint density at radius 3 is 3.00 bits per heavy atom. The van der Waals surface area contributed by atoms with Crippen LogP contribution in [0, 0.1) is 0 Å². The molecule has 2 heterocycles. The van der Waals surface area contributed by atoms with Crippen molar-refractivity contribution in [3.8, 4) is 0 Å². The average molecular weight is 154 g/mol. The molecule has 0 radical (unpaired) electrons. The Morgan fingerprint density at radius 2 is 2.30 bits per heavy atom. The monoisotopic (exact) mass is 154 g/mol. The molecule has 4 nitrogen and oxygen atoms in total. The third-order valence-electron chi connectivity index (χ3n) is 1.19. The highest BCUT2D eigenvalue weighted by Gasteiger charge is 2.30. The molecule has 0 unspecified atom stereocenters. The van der Waals surface area contributed by atoms with Gasteiger partial charge in [-0.15, -0.1) is 0 Å². The van der Waals surface area contributed by atoms with Crippen molar-refractivity contribution in [3.63, 3.8) is 0 Å². The second kappa shape index (κ2) is 1.69. The van der Waals surface area contributed by atoms with Crippen LogP contribution in [-0.4, -0.2) is 16.9 Å². The predicted molar refractivity (Wildman–Crippen MR) is 36.6 cm³/mol. The lowest BCUT2D eigenvalue weighted by Crippen LogP contribution is -2.13. The number of hydrogen-bond acceptors (Lipinski definition) is 3. The number of nitrogens with one attached hydrogen (secondary N) is 1. The van der Waals surface area contributed by atoms with E-state index in [-0.39, 0.29) is 10.8 Å². The van der Waals surface area contributed by atoms with Crippen molar-refractivity contribution in [2.24, 2.45) is 4.99 Å². The summed E-state index contributed by atoms with van der Waals surface area (Å²) in [5.41, 5.74) is 0.801. The molecule has 10 heavy (non-hydrogen) atoms. The maximum absolute atomic E-state index is 10.8. The molecule has 0 aromatic rings. The van der Waals surface area contributed by atoms with Gasteiger partial charge in [0.1, 0.15) is 5.71 Å². The first-order valence-electron chi connectivity index (χ1n) is 2.58. The molecule has 2 rings (SSSR count). The third kappa shape index (κ3) is 0.607. The molecule has 2 aliphatic rings. The van der Waals surface area contributed by atoms with E-state index in [1.807, 2.05) is 0 Å². The molecule has 1 N–H and O–H groups in total. The van der Waals surface area contributed by atoms with Gasteiger partial charge in [-0.1, -0.05) is 11.8 Å². The highest BCUT2D eigenvalue weighted by atomic mass is 32.2. The van der Waals surface area contributed by atoms with E-state index in [2.05, 4.69) is 10.3 Å². The van der Waals surface area contributed by atoms with Crippen LogP contribution < -0.4 is 5.32 Å². The number of fused-ring (bicyclic) bond motifs is 1. The molecule has 0 fully saturated rings. The van der Waals surface area contributed by atoms with Gasteiger partial charge in [0, 0.05) is 5.41 Å². The molecule has 0 aromatic heterocycles. The van der Waals surface area contributed by atoms with Crippen molar-refractivity contribution in [3.05, 3.63) is 11.1 Å². The van der Waals surface area contributed by atoms with Gasteiger partial charge in [0.2, 0.25) is 5.12 Å². The average Bonchev–Trinajstić information content (AvgIpc) is 2.35. The van der Waals surface area contributed by atoms with E-state index in [1.54, 1.807) is 5.41 Å². The van der Waals surface area contributed by atoms with Crippen molar-refractivity contribution in [1.82, 2.24) is 5.32 Å². The lowest BCUT2D eigenvalue weighted by atomic mass is 10.3. The van der Waals surface area contributed by atoms with Crippen molar-refractivity contribution in [1.29, 1.82) is 0 Å². The summed E-state index contributed by atoms with van der Waals surface area (Å²) >= 11 is 1.04. The van der Waals surface area contributed by atoms with Gasteiger partial charge in [-0.05, 0) is 0 Å². The van der Waals surface area contributed by atoms with Crippen molar-refractivity contribution in [2.75, 3.05) is 0 Å². The number of urea groups is 1. The maximum atomic E-state index is 10.8. The lowest BCUT2D eigenvalue weighted by Gasteiger charge is -1.86. The van der Waals surface area contributed by atoms with Crippen LogP contribution in [-0.2, 0) is 4.79 Å². The standard InChI is InChI=1S/C5H2N2O2S/c8-4-3-2(1-10-4)6-5(9)7-3/h1H,(H,6,9). The number of allylic oxidation sites excluding steroid dienone is 1. The molecule has 0 spiro atoms. The molecule has 0 saturated carbocycles. The van der Waals surface area contributed by atoms with Crippen LogP contribution in [0.4, 0.5) is 4.79 Å². The van der Waals surface area contributed by atoms with Crippen LogP contribution in [0.1, 0.15) is 0 Å². The second-order valence-electron chi connectivity index (χ2n) is 1.83. The zero-order valence-corrected chi connectivity index (χ0v) is 5.57. The number of aliphatic imine (C=N–C) groups is 1. The molecular weight excluding hydrogens is 152 g/mol. The largest absolute Gasteiger partial charge is 0.346 e. The summed E-state index contributed by atoms with van der Waals surface area (Å²) < 4.78 is 0. The summed E-state index contributed by atoms with van der Waals surface area (Å²) in [6.07, 6.45) is 0. The second-order valence-corrected chi connectivity index (χ2v) is 2.67. The molecule has 2 amide bonds. The number of carbonyl (C=O) groups is 2. The Balaban J connectivity index is 2.48. The fourth-order valence-corrected chi connectivity index (χ4v) is 1.44. The highest BCUT2D eigenvalue weighted by molar-refractivity contribution is 8.18. The zero-order chi connectivity index (χ0) is 7.14. The Bertz CT molecular complexity index is 292. The number of carbonyl (C=O) groups excluding carboxylic acids is 2. The van der Waals surface area contributed by atoms with Crippen molar-refractivity contribution in [2.45, 2.75) is 0 Å². The van der Waals surface area contributed by atoms with E-state index < -0.39 is 6.03 Å². The number of amides is 2. The summed E-state index contributed by atoms with van der Waals surface area (Å²) in [5, 5.41) is 3.85. The van der Waals surface area contributed by atoms with Crippen molar-refractivity contribution < 1.29 is 9.59 Å². The Kier molecular flexibility index (Phi) is 0.960. The first-order valence-corrected chi connectivity index (χ1v) is 3.46. The number of nitrogens with zero attached hydrogens (tertiary/aromatic N) is 1. The molecule has 0 bridgehead atoms. The summed E-state index contributed by atoms with van der Waals surface area (Å²) in [7, 11) is 0. The van der Waals surface area contributed by atoms with Crippen LogP contribution in [0.5, 0.6) is 0 Å². The van der Waals surface area contributed by atoms with Crippen LogP contribution in [0.25, 0.3) is 0 Å². The quantitative estimate of drug-likeness (QED) is 0.544. The van der Waals surface area contributed by atoms with Crippen LogP contribution in [0.2, 0.25) is 0 Å². The predicted octanol–water partition coefficient (Wildman–Crippen LogP) is 0.265. The minimum Gasteiger partial charge on any atom is -0.303 e. The molecule has 50 valence electrons. The van der Waals surface area contributed by atoms with Crippen molar-refractivity contribution >= 4 is 28.6 Å². The lowest BCUT2D eigenvalue weighted by molar-refractivity contribution is -0.105. The molecule has 0 atom stereocenters. The van der Waals surface area contributed by atoms with Gasteiger partial charge in [-0.25, -0.2) is 4.79 Å². The molecule has 0 saturated heterocycles. The molecular formula is C5H2N2O2S. The zero-order valence-electron chi connectivity index (χ0n) is 4.75. The first-order chi connectivity index (χ1) is 4.77. The van der Waals surface area contributed by atoms with E-state index in [0.29, 0.717) is 5.70 Å². The van der Waals surface area contributed by atoms with Gasteiger partial charge in [0.15, 0.2) is 0 Å². The van der Waals surface area contributed by atoms with E-state index in [0.717, 1.165) is 11.8 Å². The van der Waals surface area contributed by atoms with Crippen LogP contribution in [0.15, 0.2) is 16.1 Å². The number of hydrogen-bond donors (Lipinski definition) is 1. The highest BCUT2D eigenvalue weighted by Crippen LogP contribution is 2.22. The van der Waals surface area contributed by atoms with Gasteiger partial charge in [-0.3, -0.25) is 4.79 Å². The van der Waals surface area contributed by atoms with E-state index in [1.165, 1.54) is 0 Å². The smallest absolute Gasteiger partial charge is 0.303 e. The normalized spacial score (nSPS) is 22.0. The van der Waals surface area contributed by atoms with Gasteiger partial charge < -0.3 is 5.32 Å². The first kappa shape index (κ1) is 5.67. The fraction of sp³-hybridized carbons (Fsp3) is 0. The SMILES string of the molecule is O=C1N=C2C(=O)SC=C2N1. The Hall–Kier alpha value is -1.10. The third-order valence-corrected chi connectivity index (χ3v) is 1.95. The van der Waals surface area contributed by atoms with Crippen LogP contribution in [0.3, 0.4) is 0 Å². The van der Waals surface area contributed by atoms with Gasteiger partial charge in [0.25, 0.3) is 0 Å². The summed E-state index contributed by atoms with van der Waals surface area (Å²) in [6.45, 7) is 0. The molecule has 5 heteroatoms. The topological polar surface area (TPSA) is 58.5 Å². The van der Waals surface area contributed by atoms with Crippen LogP contribution >= 0.6 is 11.8 Å². The summed E-state index contributed by atoms with van der Waals surface area (Å²) in [4.78, 5) is 24.7. The molecule has 0 aromatic carbocycles. The van der Waals surface area contributed by atoms with Gasteiger partial charge >= 0.3 is 6.03 Å². The van der Waals surface area contributed by atoms with E-state index in [9.17, 15) is 9.59 Å². The van der Waals surface area contributed by atoms with Gasteiger partial charge in [0.05, 0.1) is 5.70 Å².